The lowest BCUT2D eigenvalue weighted by Crippen LogP contribution is -2.29. The molecule has 1 heterocycles. The molecule has 0 fully saturated rings. The van der Waals surface area contributed by atoms with Crippen molar-refractivity contribution in [3.8, 4) is 5.75 Å². The lowest BCUT2D eigenvalue weighted by Gasteiger charge is -2.37. The second kappa shape index (κ2) is 5.12. The summed E-state index contributed by atoms with van der Waals surface area (Å²) in [4.78, 5) is 11.1. The number of fused-ring (bicyclic) bond motifs is 3. The molecule has 0 saturated carbocycles. The Morgan fingerprint density at radius 3 is 2.83 bits per heavy atom. The molecule has 3 atom stereocenters. The minimum Gasteiger partial charge on any atom is -0.508 e. The van der Waals surface area contributed by atoms with Gasteiger partial charge in [0.2, 0.25) is 0 Å². The van der Waals surface area contributed by atoms with Crippen molar-refractivity contribution in [2.45, 2.75) is 18.4 Å². The van der Waals surface area contributed by atoms with E-state index in [9.17, 15) is 15.2 Å². The monoisotopic (exact) mass is 308 g/mol. The first kappa shape index (κ1) is 13.8. The Morgan fingerprint density at radius 1 is 1.17 bits per heavy atom. The van der Waals surface area contributed by atoms with E-state index in [1.54, 1.807) is 24.3 Å². The number of anilines is 1. The molecule has 0 aromatic heterocycles. The third kappa shape index (κ3) is 2.16. The Balaban J connectivity index is 1.83. The van der Waals surface area contributed by atoms with Gasteiger partial charge in [-0.25, -0.2) is 0 Å². The molecule has 1 aliphatic carbocycles. The standard InChI is InChI=1S/C18H16N2O3/c21-11-8-9-16-15(10-11)12-5-3-6-13(12)18(19-16)14-4-1-2-7-17(14)20(22)23/h1-5,7-10,12-13,18-19,21H,6H2. The summed E-state index contributed by atoms with van der Waals surface area (Å²) < 4.78 is 0. The van der Waals surface area contributed by atoms with Crippen molar-refractivity contribution in [2.75, 3.05) is 5.32 Å². The van der Waals surface area contributed by atoms with E-state index in [1.807, 2.05) is 18.2 Å². The first-order chi connectivity index (χ1) is 11.1. The molecule has 2 N–H and O–H groups in total. The van der Waals surface area contributed by atoms with Gasteiger partial charge in [0, 0.05) is 17.7 Å². The van der Waals surface area contributed by atoms with E-state index >= 15 is 0 Å². The van der Waals surface area contributed by atoms with Crippen molar-refractivity contribution in [3.63, 3.8) is 0 Å². The predicted molar refractivity (Wildman–Crippen MR) is 87.6 cm³/mol. The highest BCUT2D eigenvalue weighted by Gasteiger charge is 2.40. The number of nitrogens with one attached hydrogen (secondary N) is 1. The molecule has 0 spiro atoms. The third-order valence-corrected chi connectivity index (χ3v) is 4.81. The molecule has 5 nitrogen and oxygen atoms in total. The number of aromatic hydroxyl groups is 1. The van der Waals surface area contributed by atoms with Crippen molar-refractivity contribution in [1.29, 1.82) is 0 Å². The normalized spacial score (nSPS) is 24.6. The summed E-state index contributed by atoms with van der Waals surface area (Å²) in [6.07, 6.45) is 5.13. The van der Waals surface area contributed by atoms with Gasteiger partial charge >= 0.3 is 0 Å². The van der Waals surface area contributed by atoms with Crippen LogP contribution in [0.4, 0.5) is 11.4 Å². The molecule has 0 amide bonds. The zero-order valence-corrected chi connectivity index (χ0v) is 12.3. The number of nitrogens with zero attached hydrogens (tertiary/aromatic N) is 1. The van der Waals surface area contributed by atoms with Gasteiger partial charge in [-0.2, -0.15) is 0 Å². The summed E-state index contributed by atoms with van der Waals surface area (Å²) in [5.74, 6) is 0.627. The summed E-state index contributed by atoms with van der Waals surface area (Å²) in [5.41, 5.74) is 2.85. The third-order valence-electron chi connectivity index (χ3n) is 4.81. The van der Waals surface area contributed by atoms with Crippen molar-refractivity contribution in [2.24, 2.45) is 5.92 Å². The first-order valence-electron chi connectivity index (χ1n) is 7.64. The van der Waals surface area contributed by atoms with Crippen LogP contribution in [0.15, 0.2) is 54.6 Å². The Kier molecular flexibility index (Phi) is 3.08. The van der Waals surface area contributed by atoms with Crippen LogP contribution >= 0.6 is 0 Å². The minimum absolute atomic E-state index is 0.117. The van der Waals surface area contributed by atoms with Crippen molar-refractivity contribution < 1.29 is 10.0 Å². The quantitative estimate of drug-likeness (QED) is 0.378. The second-order valence-electron chi connectivity index (χ2n) is 6.06. The second-order valence-corrected chi connectivity index (χ2v) is 6.06. The Bertz CT molecular complexity index is 816. The maximum Gasteiger partial charge on any atom is 0.274 e. The Morgan fingerprint density at radius 2 is 2.00 bits per heavy atom. The highest BCUT2D eigenvalue weighted by Crippen LogP contribution is 2.51. The number of nitro groups is 1. The van der Waals surface area contributed by atoms with E-state index in [-0.39, 0.29) is 34.2 Å². The summed E-state index contributed by atoms with van der Waals surface area (Å²) >= 11 is 0. The lowest BCUT2D eigenvalue weighted by molar-refractivity contribution is -0.385. The van der Waals surface area contributed by atoms with Crippen LogP contribution < -0.4 is 5.32 Å². The van der Waals surface area contributed by atoms with Gasteiger partial charge < -0.3 is 10.4 Å². The van der Waals surface area contributed by atoms with Crippen LogP contribution in [0.3, 0.4) is 0 Å². The smallest absolute Gasteiger partial charge is 0.274 e. The SMILES string of the molecule is O=[N+]([O-])c1ccccc1C1Nc2ccc(O)cc2C2C=CCC21. The van der Waals surface area contributed by atoms with Crippen LogP contribution in [0.1, 0.15) is 29.5 Å². The van der Waals surface area contributed by atoms with Crippen LogP contribution in [-0.4, -0.2) is 10.0 Å². The molecule has 4 rings (SSSR count). The predicted octanol–water partition coefficient (Wildman–Crippen LogP) is 4.13. The summed E-state index contributed by atoms with van der Waals surface area (Å²) in [6.45, 7) is 0. The van der Waals surface area contributed by atoms with Gasteiger partial charge in [-0.3, -0.25) is 10.1 Å². The fourth-order valence-electron chi connectivity index (χ4n) is 3.81. The molecular formula is C18H16N2O3. The number of hydrogen-bond donors (Lipinski definition) is 2. The number of rotatable bonds is 2. The molecule has 2 aromatic carbocycles. The molecule has 2 aliphatic rings. The zero-order valence-electron chi connectivity index (χ0n) is 12.3. The first-order valence-corrected chi connectivity index (χ1v) is 7.64. The molecule has 1 aliphatic heterocycles. The molecule has 0 radical (unpaired) electrons. The highest BCUT2D eigenvalue weighted by molar-refractivity contribution is 5.62. The summed E-state index contributed by atoms with van der Waals surface area (Å²) in [7, 11) is 0. The van der Waals surface area contributed by atoms with Crippen LogP contribution in [0.5, 0.6) is 5.75 Å². The van der Waals surface area contributed by atoms with Gasteiger partial charge in [0.15, 0.2) is 0 Å². The van der Waals surface area contributed by atoms with Crippen LogP contribution in [0.25, 0.3) is 0 Å². The Labute approximate surface area is 133 Å². The van der Waals surface area contributed by atoms with Gasteiger partial charge in [-0.15, -0.1) is 0 Å². The molecule has 116 valence electrons. The van der Waals surface area contributed by atoms with Crippen LogP contribution in [0.2, 0.25) is 0 Å². The van der Waals surface area contributed by atoms with Gasteiger partial charge in [0.25, 0.3) is 5.69 Å². The van der Waals surface area contributed by atoms with Crippen LogP contribution in [-0.2, 0) is 0 Å². The number of para-hydroxylation sites is 1. The number of phenolic OH excluding ortho intramolecular Hbond substituents is 1. The average Bonchev–Trinajstić information content (AvgIpc) is 3.04. The van der Waals surface area contributed by atoms with E-state index < -0.39 is 0 Å². The lowest BCUT2D eigenvalue weighted by atomic mass is 9.76. The number of phenols is 1. The summed E-state index contributed by atoms with van der Waals surface area (Å²) in [6, 6.07) is 12.1. The van der Waals surface area contributed by atoms with Gasteiger partial charge in [-0.1, -0.05) is 30.4 Å². The number of allylic oxidation sites excluding steroid dienone is 2. The average molecular weight is 308 g/mol. The largest absolute Gasteiger partial charge is 0.508 e. The molecular weight excluding hydrogens is 292 g/mol. The van der Waals surface area contributed by atoms with E-state index in [4.69, 9.17) is 0 Å². The van der Waals surface area contributed by atoms with Gasteiger partial charge in [0.05, 0.1) is 16.5 Å². The van der Waals surface area contributed by atoms with Crippen molar-refractivity contribution in [3.05, 3.63) is 75.9 Å². The zero-order chi connectivity index (χ0) is 16.0. The van der Waals surface area contributed by atoms with Crippen LogP contribution in [0, 0.1) is 16.0 Å². The van der Waals surface area contributed by atoms with E-state index in [0.717, 1.165) is 23.2 Å². The van der Waals surface area contributed by atoms with Gasteiger partial charge in [-0.05, 0) is 36.1 Å². The van der Waals surface area contributed by atoms with Crippen molar-refractivity contribution >= 4 is 11.4 Å². The molecule has 3 unspecified atom stereocenters. The topological polar surface area (TPSA) is 75.4 Å². The number of hydrogen-bond acceptors (Lipinski definition) is 4. The summed E-state index contributed by atoms with van der Waals surface area (Å²) in [5, 5.41) is 24.6. The maximum atomic E-state index is 11.4. The molecule has 2 aromatic rings. The van der Waals surface area contributed by atoms with Crippen molar-refractivity contribution in [1.82, 2.24) is 0 Å². The van der Waals surface area contributed by atoms with E-state index in [0.29, 0.717) is 0 Å². The number of nitro benzene ring substituents is 1. The Hall–Kier alpha value is -2.82. The molecule has 5 heteroatoms. The van der Waals surface area contributed by atoms with E-state index in [2.05, 4.69) is 17.5 Å². The fraction of sp³-hybridized carbons (Fsp3) is 0.222. The molecule has 0 bridgehead atoms. The fourth-order valence-corrected chi connectivity index (χ4v) is 3.81. The maximum absolute atomic E-state index is 11.4. The number of benzene rings is 2. The minimum atomic E-state index is -0.319. The van der Waals surface area contributed by atoms with E-state index in [1.165, 1.54) is 0 Å². The molecule has 23 heavy (non-hydrogen) atoms. The van der Waals surface area contributed by atoms with Gasteiger partial charge in [0.1, 0.15) is 5.75 Å². The highest BCUT2D eigenvalue weighted by atomic mass is 16.6. The molecule has 0 saturated heterocycles.